The predicted octanol–water partition coefficient (Wildman–Crippen LogP) is 2.53. The fourth-order valence-corrected chi connectivity index (χ4v) is 3.75. The minimum Gasteiger partial charge on any atom is -0.369 e. The lowest BCUT2D eigenvalue weighted by atomic mass is 9.92. The summed E-state index contributed by atoms with van der Waals surface area (Å²) >= 11 is 7.43. The molecule has 3 unspecified atom stereocenters. The van der Waals surface area contributed by atoms with Crippen LogP contribution in [-0.4, -0.2) is 28.4 Å². The number of primary amides is 1. The maximum Gasteiger partial charge on any atom is 0.221 e. The van der Waals surface area contributed by atoms with Gasteiger partial charge in [0.2, 0.25) is 5.91 Å². The zero-order valence-electron chi connectivity index (χ0n) is 11.3. The first-order chi connectivity index (χ1) is 9.02. The van der Waals surface area contributed by atoms with E-state index in [2.05, 4.69) is 23.7 Å². The first-order valence-electron chi connectivity index (χ1n) is 6.58. The number of alkyl halides is 1. The van der Waals surface area contributed by atoms with Crippen LogP contribution in [0.25, 0.3) is 0 Å². The lowest BCUT2D eigenvalue weighted by Crippen LogP contribution is -2.46. The Bertz CT molecular complexity index is 451. The highest BCUT2D eigenvalue weighted by atomic mass is 35.5. The Kier molecular flexibility index (Phi) is 4.81. The molecule has 19 heavy (non-hydrogen) atoms. The number of hydrogen-bond donors (Lipinski definition) is 1. The number of carbonyl (C=O) groups is 1. The minimum absolute atomic E-state index is 0.0360. The molecular weight excluding hydrogens is 282 g/mol. The topological polar surface area (TPSA) is 59.2 Å². The van der Waals surface area contributed by atoms with Gasteiger partial charge in [-0.2, -0.15) is 0 Å². The molecule has 0 spiro atoms. The maximum absolute atomic E-state index is 11.4. The van der Waals surface area contributed by atoms with Gasteiger partial charge in [-0.3, -0.25) is 9.69 Å². The first-order valence-corrected chi connectivity index (χ1v) is 7.99. The molecule has 2 N–H and O–H groups in total. The predicted molar refractivity (Wildman–Crippen MR) is 78.2 cm³/mol. The molecule has 3 atom stereocenters. The fraction of sp³-hybridized carbons (Fsp3) is 0.692. The van der Waals surface area contributed by atoms with E-state index in [-0.39, 0.29) is 17.9 Å². The summed E-state index contributed by atoms with van der Waals surface area (Å²) in [5, 5.41) is 3.06. The smallest absolute Gasteiger partial charge is 0.221 e. The Morgan fingerprint density at radius 1 is 1.68 bits per heavy atom. The van der Waals surface area contributed by atoms with E-state index < -0.39 is 0 Å². The number of hydrogen-bond acceptors (Lipinski definition) is 4. The second-order valence-corrected chi connectivity index (χ2v) is 6.37. The Morgan fingerprint density at radius 2 is 2.42 bits per heavy atom. The van der Waals surface area contributed by atoms with Crippen LogP contribution in [0.5, 0.6) is 0 Å². The number of halogens is 1. The van der Waals surface area contributed by atoms with Crippen LogP contribution in [0.1, 0.15) is 43.4 Å². The first kappa shape index (κ1) is 14.8. The van der Waals surface area contributed by atoms with E-state index in [0.29, 0.717) is 11.9 Å². The number of nitrogens with zero attached hydrogens (tertiary/aromatic N) is 2. The molecule has 1 fully saturated rings. The Labute approximate surface area is 122 Å². The highest BCUT2D eigenvalue weighted by Gasteiger charge is 2.32. The van der Waals surface area contributed by atoms with Gasteiger partial charge in [0.1, 0.15) is 5.01 Å². The van der Waals surface area contributed by atoms with E-state index in [1.54, 1.807) is 11.3 Å². The molecule has 0 bridgehead atoms. The quantitative estimate of drug-likeness (QED) is 0.869. The number of rotatable bonds is 4. The molecule has 0 radical (unpaired) electrons. The van der Waals surface area contributed by atoms with Gasteiger partial charge in [-0.05, 0) is 26.7 Å². The number of piperidine rings is 1. The Hall–Kier alpha value is -0.650. The molecule has 1 aromatic heterocycles. The number of aromatic nitrogens is 1. The molecule has 106 valence electrons. The summed E-state index contributed by atoms with van der Waals surface area (Å²) in [6.45, 7) is 5.06. The number of likely N-dealkylation sites (tertiary alicyclic amines) is 1. The van der Waals surface area contributed by atoms with E-state index in [1.165, 1.54) is 0 Å². The molecule has 6 heteroatoms. The molecule has 0 saturated carbocycles. The molecule has 0 aliphatic carbocycles. The van der Waals surface area contributed by atoms with Crippen LogP contribution in [0.4, 0.5) is 0 Å². The zero-order valence-corrected chi connectivity index (χ0v) is 12.9. The summed E-state index contributed by atoms with van der Waals surface area (Å²) in [5.41, 5.74) is 6.36. The van der Waals surface area contributed by atoms with Crippen LogP contribution >= 0.6 is 22.9 Å². The van der Waals surface area contributed by atoms with Gasteiger partial charge in [0.25, 0.3) is 0 Å². The molecule has 2 heterocycles. The number of nitrogens with two attached hydrogens (primary N) is 1. The number of amides is 1. The van der Waals surface area contributed by atoms with Crippen molar-refractivity contribution in [2.45, 2.75) is 44.7 Å². The molecule has 1 amide bonds. The normalized spacial score (nSPS) is 26.3. The second kappa shape index (κ2) is 6.20. The molecule has 0 aromatic carbocycles. The van der Waals surface area contributed by atoms with Gasteiger partial charge < -0.3 is 5.73 Å². The highest BCUT2D eigenvalue weighted by Crippen LogP contribution is 2.32. The van der Waals surface area contributed by atoms with Crippen LogP contribution < -0.4 is 5.73 Å². The third-order valence-electron chi connectivity index (χ3n) is 3.89. The van der Waals surface area contributed by atoms with Crippen molar-refractivity contribution in [3.63, 3.8) is 0 Å². The van der Waals surface area contributed by atoms with Gasteiger partial charge >= 0.3 is 0 Å². The minimum atomic E-state index is -0.190. The van der Waals surface area contributed by atoms with Crippen molar-refractivity contribution in [1.82, 2.24) is 9.88 Å². The van der Waals surface area contributed by atoms with E-state index in [1.807, 2.05) is 5.38 Å². The fourth-order valence-electron chi connectivity index (χ4n) is 2.62. The highest BCUT2D eigenvalue weighted by molar-refractivity contribution is 7.09. The van der Waals surface area contributed by atoms with Crippen molar-refractivity contribution in [2.75, 3.05) is 6.54 Å². The third kappa shape index (κ3) is 3.27. The van der Waals surface area contributed by atoms with E-state index in [9.17, 15) is 4.79 Å². The number of carbonyl (C=O) groups excluding carboxylic acids is 1. The summed E-state index contributed by atoms with van der Waals surface area (Å²) in [7, 11) is 0. The molecule has 1 saturated heterocycles. The van der Waals surface area contributed by atoms with Crippen LogP contribution in [-0.2, 0) is 10.7 Å². The molecular formula is C13H20ClN3OS. The van der Waals surface area contributed by atoms with E-state index >= 15 is 0 Å². The van der Waals surface area contributed by atoms with Crippen LogP contribution in [0.15, 0.2) is 5.38 Å². The molecule has 1 aromatic rings. The second-order valence-electron chi connectivity index (χ2n) is 5.21. The number of thiazole rings is 1. The van der Waals surface area contributed by atoms with Crippen LogP contribution in [0, 0.1) is 5.92 Å². The molecule has 4 nitrogen and oxygen atoms in total. The monoisotopic (exact) mass is 301 g/mol. The Morgan fingerprint density at radius 3 is 3.00 bits per heavy atom. The molecule has 1 aliphatic heterocycles. The lowest BCUT2D eigenvalue weighted by Gasteiger charge is -2.40. The summed E-state index contributed by atoms with van der Waals surface area (Å²) in [4.78, 5) is 18.2. The van der Waals surface area contributed by atoms with E-state index in [0.717, 1.165) is 30.1 Å². The van der Waals surface area contributed by atoms with Crippen molar-refractivity contribution in [2.24, 2.45) is 11.7 Å². The average molecular weight is 302 g/mol. The Balaban J connectivity index is 2.11. The average Bonchev–Trinajstić information content (AvgIpc) is 2.87. The van der Waals surface area contributed by atoms with Crippen molar-refractivity contribution in [1.29, 1.82) is 0 Å². The zero-order chi connectivity index (χ0) is 14.0. The summed E-state index contributed by atoms with van der Waals surface area (Å²) in [5.74, 6) is 0.221. The maximum atomic E-state index is 11.4. The van der Waals surface area contributed by atoms with Gasteiger partial charge in [0.15, 0.2) is 0 Å². The summed E-state index contributed by atoms with van der Waals surface area (Å²) in [6.07, 6.45) is 1.90. The lowest BCUT2D eigenvalue weighted by molar-refractivity contribution is -0.124. The van der Waals surface area contributed by atoms with Crippen molar-refractivity contribution in [3.8, 4) is 0 Å². The third-order valence-corrected chi connectivity index (χ3v) is 5.23. The van der Waals surface area contributed by atoms with Gasteiger partial charge in [-0.1, -0.05) is 0 Å². The summed E-state index contributed by atoms with van der Waals surface area (Å²) < 4.78 is 0. The van der Waals surface area contributed by atoms with Crippen molar-refractivity contribution >= 4 is 28.8 Å². The van der Waals surface area contributed by atoms with Crippen molar-refractivity contribution < 1.29 is 4.79 Å². The SMILES string of the molecule is CC1CCC(C(N)=O)CN1C(C)c1nc(CCl)cs1. The van der Waals surface area contributed by atoms with E-state index in [4.69, 9.17) is 17.3 Å². The van der Waals surface area contributed by atoms with Crippen molar-refractivity contribution in [3.05, 3.63) is 16.1 Å². The van der Waals surface area contributed by atoms with Gasteiger partial charge in [-0.25, -0.2) is 4.98 Å². The van der Waals surface area contributed by atoms with Gasteiger partial charge in [0.05, 0.1) is 23.5 Å². The molecule has 2 rings (SSSR count). The van der Waals surface area contributed by atoms with Gasteiger partial charge in [-0.15, -0.1) is 22.9 Å². The summed E-state index contributed by atoms with van der Waals surface area (Å²) in [6, 6.07) is 0.660. The van der Waals surface area contributed by atoms with Crippen LogP contribution in [0.3, 0.4) is 0 Å². The van der Waals surface area contributed by atoms with Crippen LogP contribution in [0.2, 0.25) is 0 Å². The largest absolute Gasteiger partial charge is 0.369 e. The van der Waals surface area contributed by atoms with Gasteiger partial charge in [0, 0.05) is 18.0 Å². The standard InChI is InChI=1S/C13H20ClN3OS/c1-8-3-4-10(12(15)18)6-17(8)9(2)13-16-11(5-14)7-19-13/h7-10H,3-6H2,1-2H3,(H2,15,18). The molecule has 1 aliphatic rings.